The summed E-state index contributed by atoms with van der Waals surface area (Å²) in [6, 6.07) is 7.58. The van der Waals surface area contributed by atoms with Gasteiger partial charge in [-0.3, -0.25) is 10.8 Å². The average molecular weight is 193 g/mol. The van der Waals surface area contributed by atoms with Gasteiger partial charge in [-0.25, -0.2) is 0 Å². The highest BCUT2D eigenvalue weighted by Crippen LogP contribution is 2.12. The molecule has 0 saturated carbocycles. The summed E-state index contributed by atoms with van der Waals surface area (Å²) in [6.07, 6.45) is 0. The molecule has 13 heavy (non-hydrogen) atoms. The van der Waals surface area contributed by atoms with Crippen LogP contribution in [0.2, 0.25) is 0 Å². The second-order valence-electron chi connectivity index (χ2n) is 2.66. The molecule has 0 atom stereocenters. The zero-order valence-corrected chi connectivity index (χ0v) is 8.11. The van der Waals surface area contributed by atoms with Gasteiger partial charge >= 0.3 is 0 Å². The van der Waals surface area contributed by atoms with Crippen LogP contribution in [0.25, 0.3) is 0 Å². The van der Waals surface area contributed by atoms with Crippen molar-refractivity contribution in [2.45, 2.75) is 6.92 Å². The summed E-state index contributed by atoms with van der Waals surface area (Å²) in [4.78, 5) is 0. The van der Waals surface area contributed by atoms with Gasteiger partial charge in [-0.2, -0.15) is 0 Å². The largest absolute Gasteiger partial charge is 0.378 e. The van der Waals surface area contributed by atoms with Crippen LogP contribution in [0.1, 0.15) is 11.1 Å². The van der Waals surface area contributed by atoms with Crippen LogP contribution < -0.4 is 5.73 Å². The fraction of sp³-hybridized carbons (Fsp3) is 0.111. The fourth-order valence-electron chi connectivity index (χ4n) is 0.874. The molecule has 0 saturated heterocycles. The normalized spacial score (nSPS) is 9.62. The number of nitrogens with two attached hydrogens (primary N) is 1. The third kappa shape index (κ3) is 2.91. The summed E-state index contributed by atoms with van der Waals surface area (Å²) in [6.45, 7) is 1.99. The number of nitrogens with one attached hydrogen (secondary N) is 2. The molecule has 0 unspecified atom stereocenters. The van der Waals surface area contributed by atoms with Crippen LogP contribution in [0.4, 0.5) is 0 Å². The Bertz CT molecular complexity index is 329. The number of thioether (sulfide) groups is 1. The van der Waals surface area contributed by atoms with Gasteiger partial charge in [-0.15, -0.1) is 0 Å². The van der Waals surface area contributed by atoms with Crippen molar-refractivity contribution in [3.8, 4) is 0 Å². The van der Waals surface area contributed by atoms with Gasteiger partial charge in [0.1, 0.15) is 5.04 Å². The zero-order valence-electron chi connectivity index (χ0n) is 7.29. The fourth-order valence-corrected chi connectivity index (χ4v) is 1.35. The van der Waals surface area contributed by atoms with Crippen molar-refractivity contribution in [1.82, 2.24) is 0 Å². The smallest absolute Gasteiger partial charge is 0.157 e. The maximum atomic E-state index is 7.57. The summed E-state index contributed by atoms with van der Waals surface area (Å²) in [5.41, 5.74) is 7.12. The lowest BCUT2D eigenvalue weighted by Crippen LogP contribution is -2.08. The topological polar surface area (TPSA) is 73.7 Å². The van der Waals surface area contributed by atoms with E-state index in [1.807, 2.05) is 31.2 Å². The van der Waals surface area contributed by atoms with E-state index < -0.39 is 0 Å². The molecule has 1 rings (SSSR count). The second kappa shape index (κ2) is 4.09. The Morgan fingerprint density at radius 2 is 1.77 bits per heavy atom. The van der Waals surface area contributed by atoms with Crippen molar-refractivity contribution in [2.75, 3.05) is 0 Å². The van der Waals surface area contributed by atoms with E-state index in [4.69, 9.17) is 16.6 Å². The zero-order chi connectivity index (χ0) is 9.84. The second-order valence-corrected chi connectivity index (χ2v) is 3.71. The van der Waals surface area contributed by atoms with Crippen LogP contribution in [0.5, 0.6) is 0 Å². The van der Waals surface area contributed by atoms with E-state index in [1.165, 1.54) is 0 Å². The molecule has 0 aromatic heterocycles. The summed E-state index contributed by atoms with van der Waals surface area (Å²) >= 11 is 0.958. The van der Waals surface area contributed by atoms with E-state index in [1.54, 1.807) is 0 Å². The van der Waals surface area contributed by atoms with Crippen molar-refractivity contribution >= 4 is 22.0 Å². The lowest BCUT2D eigenvalue weighted by atomic mass is 10.2. The number of rotatable bonds is 1. The highest BCUT2D eigenvalue weighted by atomic mass is 32.2. The number of benzene rings is 1. The van der Waals surface area contributed by atoms with Crippen molar-refractivity contribution in [1.29, 1.82) is 10.8 Å². The Labute approximate surface area is 81.4 Å². The number of hydrogen-bond donors (Lipinski definition) is 3. The molecule has 0 aliphatic carbocycles. The first-order valence-corrected chi connectivity index (χ1v) is 4.58. The van der Waals surface area contributed by atoms with E-state index in [0.717, 1.165) is 22.9 Å². The molecule has 3 nitrogen and oxygen atoms in total. The van der Waals surface area contributed by atoms with E-state index in [-0.39, 0.29) is 5.17 Å². The summed E-state index contributed by atoms with van der Waals surface area (Å²) in [5, 5.41) is 14.9. The van der Waals surface area contributed by atoms with Crippen molar-refractivity contribution < 1.29 is 0 Å². The van der Waals surface area contributed by atoms with Gasteiger partial charge in [0, 0.05) is 5.56 Å². The summed E-state index contributed by atoms with van der Waals surface area (Å²) < 4.78 is 0. The Morgan fingerprint density at radius 3 is 2.23 bits per heavy atom. The van der Waals surface area contributed by atoms with E-state index >= 15 is 0 Å². The quantitative estimate of drug-likeness (QED) is 0.471. The van der Waals surface area contributed by atoms with Crippen molar-refractivity contribution in [3.05, 3.63) is 35.4 Å². The maximum Gasteiger partial charge on any atom is 0.157 e. The minimum absolute atomic E-state index is 0.0504. The Hall–Kier alpha value is -1.29. The van der Waals surface area contributed by atoms with Gasteiger partial charge in [0.2, 0.25) is 0 Å². The van der Waals surface area contributed by atoms with E-state index in [0.29, 0.717) is 5.04 Å². The molecule has 1 aromatic rings. The van der Waals surface area contributed by atoms with E-state index in [9.17, 15) is 0 Å². The first-order chi connectivity index (χ1) is 6.09. The summed E-state index contributed by atoms with van der Waals surface area (Å²) in [7, 11) is 0. The molecule has 0 heterocycles. The van der Waals surface area contributed by atoms with Crippen LogP contribution in [0, 0.1) is 17.7 Å². The third-order valence-corrected chi connectivity index (χ3v) is 2.19. The van der Waals surface area contributed by atoms with Crippen molar-refractivity contribution in [2.24, 2.45) is 5.73 Å². The van der Waals surface area contributed by atoms with Crippen molar-refractivity contribution in [3.63, 3.8) is 0 Å². The standard InChI is InChI=1S/C9H11N3S/c1-6-2-4-7(5-3-6)8(10)13-9(11)12/h2-5,10H,1H3,(H3,11,12). The molecule has 0 amide bonds. The highest BCUT2D eigenvalue weighted by Gasteiger charge is 2.02. The molecule has 0 radical (unpaired) electrons. The van der Waals surface area contributed by atoms with Crippen LogP contribution >= 0.6 is 11.8 Å². The number of hydrogen-bond acceptors (Lipinski definition) is 3. The SMILES string of the molecule is Cc1ccc(C(=N)SC(=N)N)cc1. The first kappa shape index (κ1) is 9.80. The number of amidine groups is 1. The minimum atomic E-state index is -0.0504. The molecule has 1 aromatic carbocycles. The molecule has 4 N–H and O–H groups in total. The van der Waals surface area contributed by atoms with Crippen LogP contribution in [-0.4, -0.2) is 10.2 Å². The molecule has 0 bridgehead atoms. The Morgan fingerprint density at radius 1 is 1.23 bits per heavy atom. The molecule has 4 heteroatoms. The predicted molar refractivity (Wildman–Crippen MR) is 57.5 cm³/mol. The van der Waals surface area contributed by atoms with E-state index in [2.05, 4.69) is 0 Å². The predicted octanol–water partition coefficient (Wildman–Crippen LogP) is 1.95. The van der Waals surface area contributed by atoms with Gasteiger partial charge in [0.05, 0.1) is 0 Å². The molecule has 68 valence electrons. The molecule has 0 aliphatic heterocycles. The molecule has 0 fully saturated rings. The van der Waals surface area contributed by atoms with Crippen LogP contribution in [-0.2, 0) is 0 Å². The maximum absolute atomic E-state index is 7.57. The molecule has 0 spiro atoms. The Kier molecular flexibility index (Phi) is 3.08. The van der Waals surface area contributed by atoms with Gasteiger partial charge in [-0.05, 0) is 18.7 Å². The monoisotopic (exact) mass is 193 g/mol. The average Bonchev–Trinajstić information content (AvgIpc) is 2.04. The highest BCUT2D eigenvalue weighted by molar-refractivity contribution is 8.26. The Balaban J connectivity index is 2.78. The van der Waals surface area contributed by atoms with Gasteiger partial charge in [0.25, 0.3) is 0 Å². The molecule has 0 aliphatic rings. The lowest BCUT2D eigenvalue weighted by Gasteiger charge is -2.01. The number of aryl methyl sites for hydroxylation is 1. The minimum Gasteiger partial charge on any atom is -0.378 e. The van der Waals surface area contributed by atoms with Gasteiger partial charge in [-0.1, -0.05) is 29.8 Å². The van der Waals surface area contributed by atoms with Gasteiger partial charge in [0.15, 0.2) is 5.17 Å². The summed E-state index contributed by atoms with van der Waals surface area (Å²) in [5.74, 6) is 0. The molecular formula is C9H11N3S. The van der Waals surface area contributed by atoms with Gasteiger partial charge < -0.3 is 5.73 Å². The molecular weight excluding hydrogens is 182 g/mol. The third-order valence-electron chi connectivity index (χ3n) is 1.53. The van der Waals surface area contributed by atoms with Crippen LogP contribution in [0.3, 0.4) is 0 Å². The van der Waals surface area contributed by atoms with Crippen LogP contribution in [0.15, 0.2) is 24.3 Å². The first-order valence-electron chi connectivity index (χ1n) is 3.77. The lowest BCUT2D eigenvalue weighted by molar-refractivity contribution is 1.45.